The van der Waals surface area contributed by atoms with Crippen molar-refractivity contribution < 1.29 is 19.2 Å². The number of nitrogens with one attached hydrogen (secondary N) is 4. The maximum atomic E-state index is 14.0. The highest BCUT2D eigenvalue weighted by Gasteiger charge is 2.39. The molecule has 0 aliphatic rings. The van der Waals surface area contributed by atoms with Crippen LogP contribution in [-0.4, -0.2) is 55.7 Å². The number of aryl methyl sites for hydroxylation is 1. The molecule has 0 saturated heterocycles. The molecule has 0 bridgehead atoms. The fraction of sp³-hybridized carbons (Fsp3) is 0.579. The van der Waals surface area contributed by atoms with Crippen LogP contribution >= 0.6 is 0 Å². The van der Waals surface area contributed by atoms with Gasteiger partial charge in [-0.25, -0.2) is 0 Å². The summed E-state index contributed by atoms with van der Waals surface area (Å²) in [7, 11) is 1.94. The number of hydrogen-bond acceptors (Lipinski definition) is 5. The summed E-state index contributed by atoms with van der Waals surface area (Å²) in [5.74, 6) is -0.740. The summed E-state index contributed by atoms with van der Waals surface area (Å²) >= 11 is 0. The van der Waals surface area contributed by atoms with Crippen LogP contribution in [0.15, 0.2) is 60.7 Å². The number of amides is 3. The van der Waals surface area contributed by atoms with Gasteiger partial charge in [-0.2, -0.15) is 0 Å². The number of ketones is 1. The topological polar surface area (TPSA) is 116 Å². The predicted octanol–water partition coefficient (Wildman–Crippen LogP) is 5.25. The molecule has 0 fully saturated rings. The van der Waals surface area contributed by atoms with Crippen molar-refractivity contribution in [3.63, 3.8) is 0 Å². The number of hydrogen-bond donors (Lipinski definition) is 4. The van der Waals surface area contributed by atoms with Gasteiger partial charge < -0.3 is 21.3 Å². The summed E-state index contributed by atoms with van der Waals surface area (Å²) in [6.45, 7) is 16.7. The fourth-order valence-corrected chi connectivity index (χ4v) is 6.18. The van der Waals surface area contributed by atoms with Gasteiger partial charge in [-0.05, 0) is 68.7 Å². The maximum absolute atomic E-state index is 14.0. The molecular formula is C38H58N4O4. The lowest BCUT2D eigenvalue weighted by Gasteiger charge is -2.33. The van der Waals surface area contributed by atoms with Crippen molar-refractivity contribution >= 4 is 23.5 Å². The molecule has 0 aromatic heterocycles. The minimum absolute atomic E-state index is 0.000800. The number of Topliss-reactive ketones (excluding diaryl/α,β-unsaturated/α-hetero) is 1. The smallest absolute Gasteiger partial charge is 0.243 e. The van der Waals surface area contributed by atoms with Gasteiger partial charge >= 0.3 is 0 Å². The van der Waals surface area contributed by atoms with E-state index in [-0.39, 0.29) is 35.4 Å². The molecule has 2 rings (SSSR count). The molecule has 0 heterocycles. The van der Waals surface area contributed by atoms with Crippen LogP contribution in [0, 0.1) is 22.2 Å². The monoisotopic (exact) mass is 634 g/mol. The Bertz CT molecular complexity index is 1270. The van der Waals surface area contributed by atoms with E-state index in [0.717, 1.165) is 24.1 Å². The van der Waals surface area contributed by atoms with Crippen LogP contribution in [0.4, 0.5) is 0 Å². The van der Waals surface area contributed by atoms with Crippen LogP contribution < -0.4 is 21.3 Å². The molecule has 46 heavy (non-hydrogen) atoms. The summed E-state index contributed by atoms with van der Waals surface area (Å²) in [5.41, 5.74) is 0.425. The van der Waals surface area contributed by atoms with E-state index in [1.54, 1.807) is 13.8 Å². The SMILES string of the molecule is CNCC(C)(C)CC(C)CNC(=O)[C@H](CCc1ccccc1)NC(=O)[C@H](Cc1ccccc1)NC(=O)C(C)(C)CC(C)(C)C(C)=O. The zero-order chi connectivity index (χ0) is 34.5. The summed E-state index contributed by atoms with van der Waals surface area (Å²) < 4.78 is 0. The first-order valence-electron chi connectivity index (χ1n) is 16.6. The number of rotatable bonds is 19. The zero-order valence-corrected chi connectivity index (χ0v) is 29.6. The molecule has 2 aromatic rings. The van der Waals surface area contributed by atoms with E-state index in [4.69, 9.17) is 0 Å². The second-order valence-corrected chi connectivity index (χ2v) is 15.1. The van der Waals surface area contributed by atoms with Crippen molar-refractivity contribution in [2.75, 3.05) is 20.1 Å². The van der Waals surface area contributed by atoms with E-state index in [1.807, 2.05) is 81.6 Å². The molecule has 0 radical (unpaired) electrons. The van der Waals surface area contributed by atoms with Crippen molar-refractivity contribution in [3.8, 4) is 0 Å². The molecule has 0 spiro atoms. The van der Waals surface area contributed by atoms with Gasteiger partial charge in [-0.15, -0.1) is 0 Å². The van der Waals surface area contributed by atoms with Gasteiger partial charge in [0.25, 0.3) is 0 Å². The van der Waals surface area contributed by atoms with Crippen molar-refractivity contribution in [3.05, 3.63) is 71.8 Å². The Morgan fingerprint density at radius 3 is 1.85 bits per heavy atom. The summed E-state index contributed by atoms with van der Waals surface area (Å²) in [6, 6.07) is 17.7. The Hall–Kier alpha value is -3.52. The summed E-state index contributed by atoms with van der Waals surface area (Å²) in [6.07, 6.45) is 2.52. The number of benzene rings is 2. The molecule has 4 N–H and O–H groups in total. The molecule has 3 amide bonds. The normalized spacial score (nSPS) is 14.1. The van der Waals surface area contributed by atoms with Crippen LogP contribution in [0.2, 0.25) is 0 Å². The van der Waals surface area contributed by atoms with Crippen molar-refractivity contribution in [2.24, 2.45) is 22.2 Å². The van der Waals surface area contributed by atoms with Crippen molar-refractivity contribution in [1.29, 1.82) is 0 Å². The lowest BCUT2D eigenvalue weighted by atomic mass is 9.72. The lowest BCUT2D eigenvalue weighted by molar-refractivity contribution is -0.137. The van der Waals surface area contributed by atoms with E-state index in [0.29, 0.717) is 25.8 Å². The zero-order valence-electron chi connectivity index (χ0n) is 29.6. The Morgan fingerprint density at radius 1 is 0.739 bits per heavy atom. The second-order valence-electron chi connectivity index (χ2n) is 15.1. The van der Waals surface area contributed by atoms with Gasteiger partial charge in [-0.3, -0.25) is 19.2 Å². The molecule has 8 nitrogen and oxygen atoms in total. The number of carbonyl (C=O) groups is 4. The van der Waals surface area contributed by atoms with E-state index in [9.17, 15) is 19.2 Å². The fourth-order valence-electron chi connectivity index (χ4n) is 6.18. The third-order valence-corrected chi connectivity index (χ3v) is 8.73. The van der Waals surface area contributed by atoms with Gasteiger partial charge in [0, 0.05) is 23.8 Å². The standard InChI is InChI=1S/C38H58N4O4/c1-27(23-36(3,4)26-39-9)24-40-33(44)31(21-20-29-16-12-10-13-17-29)41-34(45)32(22-30-18-14-11-15-19-30)42-35(46)38(7,8)25-37(5,6)28(2)43/h10-19,27,31-32,39H,20-26H2,1-9H3,(H,40,44)(H,41,45)(H,42,46)/t27?,31-,32-/m0/s1. The highest BCUT2D eigenvalue weighted by Crippen LogP contribution is 2.34. The molecule has 3 atom stereocenters. The van der Waals surface area contributed by atoms with Gasteiger partial charge in [0.2, 0.25) is 17.7 Å². The molecule has 8 heteroatoms. The van der Waals surface area contributed by atoms with Crippen molar-refractivity contribution in [1.82, 2.24) is 21.3 Å². The minimum atomic E-state index is -0.914. The lowest BCUT2D eigenvalue weighted by Crippen LogP contribution is -2.56. The van der Waals surface area contributed by atoms with Crippen molar-refractivity contribution in [2.45, 2.75) is 99.6 Å². The van der Waals surface area contributed by atoms with Crippen LogP contribution in [0.25, 0.3) is 0 Å². The Balaban J connectivity index is 2.27. The van der Waals surface area contributed by atoms with Gasteiger partial charge in [-0.1, -0.05) is 109 Å². The molecule has 0 aliphatic carbocycles. The van der Waals surface area contributed by atoms with Crippen LogP contribution in [-0.2, 0) is 32.0 Å². The first-order valence-corrected chi connectivity index (χ1v) is 16.6. The average molecular weight is 635 g/mol. The van der Waals surface area contributed by atoms with Crippen LogP contribution in [0.3, 0.4) is 0 Å². The molecule has 2 aromatic carbocycles. The van der Waals surface area contributed by atoms with E-state index in [2.05, 4.69) is 42.0 Å². The molecular weight excluding hydrogens is 576 g/mol. The second kappa shape index (κ2) is 17.4. The highest BCUT2D eigenvalue weighted by atomic mass is 16.2. The third kappa shape index (κ3) is 13.1. The minimum Gasteiger partial charge on any atom is -0.354 e. The van der Waals surface area contributed by atoms with Gasteiger partial charge in [0.1, 0.15) is 17.9 Å². The summed E-state index contributed by atoms with van der Waals surface area (Å²) in [5, 5.41) is 12.3. The Kier molecular flexibility index (Phi) is 14.6. The predicted molar refractivity (Wildman–Crippen MR) is 186 cm³/mol. The van der Waals surface area contributed by atoms with Crippen LogP contribution in [0.1, 0.15) is 85.8 Å². The first-order chi connectivity index (χ1) is 21.5. The largest absolute Gasteiger partial charge is 0.354 e. The number of carbonyl (C=O) groups excluding carboxylic acids is 4. The Labute approximate surface area is 277 Å². The first kappa shape index (κ1) is 38.7. The maximum Gasteiger partial charge on any atom is 0.243 e. The van der Waals surface area contributed by atoms with E-state index in [1.165, 1.54) is 6.92 Å². The summed E-state index contributed by atoms with van der Waals surface area (Å²) in [4.78, 5) is 53.5. The average Bonchev–Trinajstić information content (AvgIpc) is 2.97. The van der Waals surface area contributed by atoms with Gasteiger partial charge in [0.05, 0.1) is 0 Å². The molecule has 0 aliphatic heterocycles. The molecule has 1 unspecified atom stereocenters. The van der Waals surface area contributed by atoms with E-state index < -0.39 is 28.8 Å². The highest BCUT2D eigenvalue weighted by molar-refractivity contribution is 5.93. The molecule has 254 valence electrons. The third-order valence-electron chi connectivity index (χ3n) is 8.73. The molecule has 0 saturated carbocycles. The van der Waals surface area contributed by atoms with Gasteiger partial charge in [0.15, 0.2) is 0 Å². The van der Waals surface area contributed by atoms with E-state index >= 15 is 0 Å². The quantitative estimate of drug-likeness (QED) is 0.169. The van der Waals surface area contributed by atoms with Crippen LogP contribution in [0.5, 0.6) is 0 Å². The Morgan fingerprint density at radius 2 is 1.30 bits per heavy atom.